The number of nitro groups is 1. The molecule has 0 radical (unpaired) electrons. The van der Waals surface area contributed by atoms with E-state index in [0.717, 1.165) is 37.0 Å². The molecule has 0 spiro atoms. The van der Waals surface area contributed by atoms with Gasteiger partial charge < -0.3 is 4.74 Å². The van der Waals surface area contributed by atoms with Crippen LogP contribution < -0.4 is 20.3 Å². The highest BCUT2D eigenvalue weighted by Crippen LogP contribution is 2.32. The molecule has 0 fully saturated rings. The van der Waals surface area contributed by atoms with Crippen molar-refractivity contribution in [2.45, 2.75) is 31.1 Å². The maximum absolute atomic E-state index is 13.0. The average molecular weight is 545 g/mol. The monoisotopic (exact) mass is 544 g/mol. The van der Waals surface area contributed by atoms with Gasteiger partial charge in [0.1, 0.15) is 5.75 Å². The minimum absolute atomic E-state index is 0.0199. The maximum atomic E-state index is 13.0. The number of non-ortho nitro benzene ring substituents is 1. The van der Waals surface area contributed by atoms with Gasteiger partial charge in [0.05, 0.1) is 27.5 Å². The summed E-state index contributed by atoms with van der Waals surface area (Å²) in [5.74, 6) is -0.527. The number of nitrogens with zero attached hydrogens (tertiary/aromatic N) is 1. The normalized spacial score (nSPS) is 14.8. The van der Waals surface area contributed by atoms with Crippen molar-refractivity contribution >= 4 is 44.5 Å². The first-order chi connectivity index (χ1) is 17.6. The van der Waals surface area contributed by atoms with E-state index in [-0.39, 0.29) is 27.6 Å². The molecule has 1 aliphatic carbocycles. The predicted octanol–water partition coefficient (Wildman–Crippen LogP) is 3.67. The molecule has 1 atom stereocenters. The lowest BCUT2D eigenvalue weighted by Gasteiger charge is -2.16. The number of hydrazine groups is 1. The Morgan fingerprint density at radius 2 is 1.86 bits per heavy atom. The van der Waals surface area contributed by atoms with E-state index >= 15 is 0 Å². The van der Waals surface area contributed by atoms with E-state index in [9.17, 15) is 28.1 Å². The van der Waals surface area contributed by atoms with Crippen LogP contribution >= 0.6 is 11.3 Å². The molecule has 2 aromatic carbocycles. The second kappa shape index (κ2) is 10.6. The summed E-state index contributed by atoms with van der Waals surface area (Å²) in [6, 6.07) is 10.5. The first-order valence-electron chi connectivity index (χ1n) is 11.2. The zero-order valence-corrected chi connectivity index (χ0v) is 21.6. The summed E-state index contributed by atoms with van der Waals surface area (Å²) in [6.45, 7) is 2.17. The summed E-state index contributed by atoms with van der Waals surface area (Å²) in [6.07, 6.45) is 2.93. The number of carbonyl (C=O) groups excluding carboxylic acids is 2. The lowest BCUT2D eigenvalue weighted by molar-refractivity contribution is -0.384. The molecule has 2 amide bonds. The molecule has 0 bridgehead atoms. The maximum Gasteiger partial charge on any atom is 0.279 e. The van der Waals surface area contributed by atoms with Gasteiger partial charge in [0.25, 0.3) is 27.5 Å². The number of ether oxygens (including phenoxy) is 1. The van der Waals surface area contributed by atoms with Gasteiger partial charge in [-0.2, -0.15) is 0 Å². The number of anilines is 1. The number of aryl methyl sites for hydroxylation is 1. The van der Waals surface area contributed by atoms with E-state index < -0.39 is 26.8 Å². The molecule has 4 rings (SSSR count). The Balaban J connectivity index is 1.46. The van der Waals surface area contributed by atoms with E-state index in [1.807, 2.05) is 6.07 Å². The number of nitro benzene ring substituents is 1. The highest BCUT2D eigenvalue weighted by molar-refractivity contribution is 7.92. The molecule has 0 aliphatic heterocycles. The summed E-state index contributed by atoms with van der Waals surface area (Å²) >= 11 is 1.40. The van der Waals surface area contributed by atoms with E-state index in [1.54, 1.807) is 0 Å². The van der Waals surface area contributed by atoms with Gasteiger partial charge in [0.2, 0.25) is 0 Å². The van der Waals surface area contributed by atoms with E-state index in [1.165, 1.54) is 53.7 Å². The van der Waals surface area contributed by atoms with Gasteiger partial charge in [0.15, 0.2) is 0 Å². The molecule has 11 nitrogen and oxygen atoms in total. The number of nitrogens with one attached hydrogen (secondary N) is 3. The van der Waals surface area contributed by atoms with Crippen LogP contribution in [0.1, 0.15) is 43.8 Å². The summed E-state index contributed by atoms with van der Waals surface area (Å²) < 4.78 is 33.3. The van der Waals surface area contributed by atoms with Crippen LogP contribution in [0.3, 0.4) is 0 Å². The number of hydrogen-bond acceptors (Lipinski definition) is 8. The zero-order valence-electron chi connectivity index (χ0n) is 19.9. The van der Waals surface area contributed by atoms with Crippen LogP contribution in [0.25, 0.3) is 0 Å². The molecule has 1 unspecified atom stereocenters. The number of benzene rings is 2. The third kappa shape index (κ3) is 5.89. The summed E-state index contributed by atoms with van der Waals surface area (Å²) in [5.41, 5.74) is 5.36. The highest BCUT2D eigenvalue weighted by Gasteiger charge is 2.22. The second-order valence-electron chi connectivity index (χ2n) is 8.59. The van der Waals surface area contributed by atoms with Crippen LogP contribution in [0.15, 0.2) is 53.4 Å². The van der Waals surface area contributed by atoms with Crippen molar-refractivity contribution in [3.05, 3.63) is 79.5 Å². The van der Waals surface area contributed by atoms with Crippen molar-refractivity contribution in [1.29, 1.82) is 0 Å². The quantitative estimate of drug-likeness (QED) is 0.303. The van der Waals surface area contributed by atoms with Gasteiger partial charge >= 0.3 is 0 Å². The number of fused-ring (bicyclic) bond motifs is 1. The predicted molar refractivity (Wildman–Crippen MR) is 137 cm³/mol. The SMILES string of the molecule is COc1ccc([N+](=O)[O-])cc1NS(=O)(=O)c1cccc(C(=O)NNC(=O)c2cc3c(s2)CCC(C)C3)c1. The molecule has 0 saturated heterocycles. The molecule has 37 heavy (non-hydrogen) atoms. The van der Waals surface area contributed by atoms with Crippen molar-refractivity contribution in [1.82, 2.24) is 10.9 Å². The van der Waals surface area contributed by atoms with Gasteiger partial charge in [-0.25, -0.2) is 8.42 Å². The molecule has 194 valence electrons. The lowest BCUT2D eigenvalue weighted by Crippen LogP contribution is -2.41. The van der Waals surface area contributed by atoms with Crippen LogP contribution in [0.2, 0.25) is 0 Å². The molecule has 13 heteroatoms. The van der Waals surface area contributed by atoms with Crippen molar-refractivity contribution in [2.24, 2.45) is 5.92 Å². The van der Waals surface area contributed by atoms with E-state index in [2.05, 4.69) is 22.5 Å². The number of thiophene rings is 1. The molecule has 0 saturated carbocycles. The zero-order chi connectivity index (χ0) is 26.7. The fourth-order valence-corrected chi connectivity index (χ4v) is 6.17. The Morgan fingerprint density at radius 3 is 2.59 bits per heavy atom. The van der Waals surface area contributed by atoms with Gasteiger partial charge in [0, 0.05) is 22.6 Å². The number of rotatable bonds is 7. The smallest absolute Gasteiger partial charge is 0.279 e. The molecule has 1 aromatic heterocycles. The van der Waals surface area contributed by atoms with Gasteiger partial charge in [-0.3, -0.25) is 35.3 Å². The van der Waals surface area contributed by atoms with Crippen molar-refractivity contribution in [3.8, 4) is 5.75 Å². The fourth-order valence-electron chi connectivity index (χ4n) is 3.96. The molecule has 3 N–H and O–H groups in total. The van der Waals surface area contributed by atoms with Crippen LogP contribution in [-0.2, 0) is 22.9 Å². The third-order valence-electron chi connectivity index (χ3n) is 5.89. The van der Waals surface area contributed by atoms with Crippen molar-refractivity contribution < 1.29 is 27.7 Å². The number of amides is 2. The minimum atomic E-state index is -4.24. The summed E-state index contributed by atoms with van der Waals surface area (Å²) in [4.78, 5) is 37.0. The summed E-state index contributed by atoms with van der Waals surface area (Å²) in [5, 5.41) is 11.1. The van der Waals surface area contributed by atoms with Gasteiger partial charge in [-0.05, 0) is 61.1 Å². The molecular weight excluding hydrogens is 520 g/mol. The highest BCUT2D eigenvalue weighted by atomic mass is 32.2. The fraction of sp³-hybridized carbons (Fsp3) is 0.250. The Kier molecular flexibility index (Phi) is 7.45. The average Bonchev–Trinajstić information content (AvgIpc) is 3.30. The molecule has 1 heterocycles. The summed E-state index contributed by atoms with van der Waals surface area (Å²) in [7, 11) is -2.95. The number of hydrogen-bond donors (Lipinski definition) is 3. The van der Waals surface area contributed by atoms with E-state index in [4.69, 9.17) is 4.74 Å². The van der Waals surface area contributed by atoms with E-state index in [0.29, 0.717) is 10.8 Å². The lowest BCUT2D eigenvalue weighted by atomic mass is 9.90. The Labute approximate surface area is 217 Å². The van der Waals surface area contributed by atoms with Crippen LogP contribution in [0.4, 0.5) is 11.4 Å². The third-order valence-corrected chi connectivity index (χ3v) is 8.49. The molecule has 1 aliphatic rings. The second-order valence-corrected chi connectivity index (χ2v) is 11.4. The minimum Gasteiger partial charge on any atom is -0.495 e. The number of methoxy groups -OCH3 is 1. The standard InChI is InChI=1S/C24H24N4O7S2/c1-14-6-9-21-16(10-14)12-22(36-21)24(30)26-25-23(29)15-4-3-5-18(11-15)37(33,34)27-19-13-17(28(31)32)7-8-20(19)35-2/h3-5,7-8,11-14,27H,6,9-10H2,1-2H3,(H,25,29)(H,26,30). The Hall–Kier alpha value is -3.97. The topological polar surface area (TPSA) is 157 Å². The van der Waals surface area contributed by atoms with Crippen LogP contribution in [0, 0.1) is 16.0 Å². The molecular formula is C24H24N4O7S2. The van der Waals surface area contributed by atoms with Crippen LogP contribution in [0.5, 0.6) is 5.75 Å². The largest absolute Gasteiger partial charge is 0.495 e. The first-order valence-corrected chi connectivity index (χ1v) is 13.5. The van der Waals surface area contributed by atoms with Crippen molar-refractivity contribution in [2.75, 3.05) is 11.8 Å². The van der Waals surface area contributed by atoms with Crippen LogP contribution in [-0.4, -0.2) is 32.3 Å². The first kappa shape index (κ1) is 26.1. The Morgan fingerprint density at radius 1 is 1.11 bits per heavy atom. The number of sulfonamides is 1. The van der Waals surface area contributed by atoms with Crippen molar-refractivity contribution in [3.63, 3.8) is 0 Å². The van der Waals surface area contributed by atoms with Gasteiger partial charge in [-0.15, -0.1) is 11.3 Å². The number of carbonyl (C=O) groups is 2. The van der Waals surface area contributed by atoms with Gasteiger partial charge in [-0.1, -0.05) is 13.0 Å². The Bertz CT molecular complexity index is 1480. The molecule has 3 aromatic rings.